The van der Waals surface area contributed by atoms with Crippen LogP contribution in [0.15, 0.2) is 249 Å². The number of fused-ring (bicyclic) bond motifs is 14. The van der Waals surface area contributed by atoms with Crippen molar-refractivity contribution in [2.75, 3.05) is 19.6 Å². The maximum atomic E-state index is 8.05. The molecule has 0 atom stereocenters. The summed E-state index contributed by atoms with van der Waals surface area (Å²) in [6, 6.07) is 97.6. The fourth-order valence-electron chi connectivity index (χ4n) is 20.5. The van der Waals surface area contributed by atoms with Crippen LogP contribution in [-0.4, -0.2) is 29.6 Å². The van der Waals surface area contributed by atoms with E-state index in [0.717, 1.165) is 54.2 Å². The molecule has 0 spiro atoms. The predicted octanol–water partition coefficient (Wildman–Crippen LogP) is 17.8. The van der Waals surface area contributed by atoms with E-state index in [1.807, 2.05) is 0 Å². The van der Waals surface area contributed by atoms with Crippen LogP contribution >= 0.6 is 0 Å². The molecule has 20 rings (SSSR count). The first kappa shape index (κ1) is 62.0. The lowest BCUT2D eigenvalue weighted by Crippen LogP contribution is -2.64. The van der Waals surface area contributed by atoms with E-state index in [2.05, 4.69) is 350 Å². The summed E-state index contributed by atoms with van der Waals surface area (Å²) in [5.74, 6) is 1.80. The number of hydrogen-bond acceptors (Lipinski definition) is 5. The molecule has 0 unspecified atom stereocenters. The van der Waals surface area contributed by atoms with Crippen molar-refractivity contribution in [1.82, 2.24) is 0 Å². The quantitative estimate of drug-likeness (QED) is 0.160. The van der Waals surface area contributed by atoms with Crippen molar-refractivity contribution in [3.8, 4) is 11.5 Å². The van der Waals surface area contributed by atoms with Gasteiger partial charge in [0.15, 0.2) is 0 Å². The van der Waals surface area contributed by atoms with Crippen molar-refractivity contribution in [3.63, 3.8) is 0 Å². The molecule has 498 valence electrons. The van der Waals surface area contributed by atoms with Crippen molar-refractivity contribution < 1.29 is 4.74 Å². The predicted molar refractivity (Wildman–Crippen MR) is 439 cm³/mol. The maximum Gasteiger partial charge on any atom is 0.256 e. The second-order valence-corrected chi connectivity index (χ2v) is 43.1. The molecular formula is C93H86B2N4OSi2. The van der Waals surface area contributed by atoms with Crippen LogP contribution in [0.2, 0.25) is 26.2 Å². The highest BCUT2D eigenvalue weighted by Crippen LogP contribution is 2.55. The zero-order chi connectivity index (χ0) is 69.5. The van der Waals surface area contributed by atoms with Gasteiger partial charge >= 0.3 is 0 Å². The minimum Gasteiger partial charge on any atom is -0.458 e. The summed E-state index contributed by atoms with van der Waals surface area (Å²) in [5.41, 5.74) is 31.8. The third-order valence-corrected chi connectivity index (χ3v) is 33.2. The molecule has 102 heavy (non-hydrogen) atoms. The molecule has 0 saturated carbocycles. The summed E-state index contributed by atoms with van der Waals surface area (Å²) in [6.07, 6.45) is 4.60. The Hall–Kier alpha value is -9.80. The molecule has 0 N–H and O–H groups in total. The fraction of sp³-hybridized carbons (Fsp3) is 0.226. The first-order chi connectivity index (χ1) is 49.1. The zero-order valence-electron chi connectivity index (χ0n) is 60.9. The van der Waals surface area contributed by atoms with E-state index in [-0.39, 0.29) is 41.0 Å². The minimum atomic E-state index is -2.16. The molecular weight excluding hydrogens is 1270 g/mol. The van der Waals surface area contributed by atoms with Crippen molar-refractivity contribution in [2.24, 2.45) is 0 Å². The molecule has 0 fully saturated rings. The highest BCUT2D eigenvalue weighted by Gasteiger charge is 2.51. The molecule has 6 aliphatic heterocycles. The van der Waals surface area contributed by atoms with Gasteiger partial charge in [-0.1, -0.05) is 250 Å². The van der Waals surface area contributed by atoms with Crippen LogP contribution in [0, 0.1) is 0 Å². The summed E-state index contributed by atoms with van der Waals surface area (Å²) in [7, 11) is -4.26. The van der Waals surface area contributed by atoms with E-state index in [0.29, 0.717) is 0 Å². The first-order valence-electron chi connectivity index (χ1n) is 37.4. The van der Waals surface area contributed by atoms with Crippen molar-refractivity contribution in [1.29, 1.82) is 0 Å². The summed E-state index contributed by atoms with van der Waals surface area (Å²) < 4.78 is 8.05. The largest absolute Gasteiger partial charge is 0.458 e. The molecule has 0 radical (unpaired) electrons. The Morgan fingerprint density at radius 1 is 0.304 bits per heavy atom. The lowest BCUT2D eigenvalue weighted by molar-refractivity contribution is 0.332. The molecule has 0 bridgehead atoms. The van der Waals surface area contributed by atoms with E-state index in [1.165, 1.54) is 144 Å². The standard InChI is InChI=1S/C93H86B2N4OSi2/c1-90(2)46-48-92(5,6)67-52-60(42-44-65(67)90)97-74-35-21-19-33-70(74)95-72-56-71-77(57-81(72)100-82-51-58(50-78(97)89(82)95)87-63-30-16-24-38-83(63)101(9,10)84-39-25-17-31-64(84)87)96(59-28-14-13-15-29-59)79-54-62(99-75-36-22-26-40-85(75)102(11,12)86-41-27-23-37-76(86)99)55-80-88(79)94(71)69-32-18-20-34-73(69)98(80)61-43-45-66-68(53-61)93(7,8)49-47-91(66,3)4/h13-45,50-57,87H,46-49H2,1-12H3. The van der Waals surface area contributed by atoms with Crippen LogP contribution in [0.25, 0.3) is 0 Å². The second-order valence-electron chi connectivity index (χ2n) is 34.4. The summed E-state index contributed by atoms with van der Waals surface area (Å²) in [4.78, 5) is 10.5. The van der Waals surface area contributed by atoms with Gasteiger partial charge in [0.05, 0.1) is 5.69 Å². The van der Waals surface area contributed by atoms with Gasteiger partial charge in [0, 0.05) is 74.5 Å². The molecule has 12 aromatic carbocycles. The Balaban J connectivity index is 0.863. The molecule has 0 amide bonds. The molecule has 6 heterocycles. The monoisotopic (exact) mass is 1350 g/mol. The van der Waals surface area contributed by atoms with E-state index < -0.39 is 16.1 Å². The van der Waals surface area contributed by atoms with Crippen molar-refractivity contribution in [3.05, 3.63) is 288 Å². The van der Waals surface area contributed by atoms with Crippen LogP contribution in [0.3, 0.4) is 0 Å². The molecule has 2 aliphatic carbocycles. The SMILES string of the molecule is CC1(C)CCC(C)(C)c2cc(N3c4ccccc4B4c5cc6c(cc5Oc5cc(C7c8ccccc8[Si](C)(C)c8ccccc87)cc3c54)N(c3ccccc3)c3cc(N4c5ccccc5[Si](C)(C)c5ccccc54)cc4c3B6c3ccccc3N4c3ccc4c(c3)C(C)(C)CCC4(C)C)ccc21. The van der Waals surface area contributed by atoms with Crippen LogP contribution in [0.1, 0.15) is 126 Å². The van der Waals surface area contributed by atoms with Gasteiger partial charge < -0.3 is 24.3 Å². The van der Waals surface area contributed by atoms with Gasteiger partial charge in [-0.3, -0.25) is 0 Å². The van der Waals surface area contributed by atoms with Gasteiger partial charge in [-0.05, 0) is 214 Å². The van der Waals surface area contributed by atoms with E-state index in [9.17, 15) is 0 Å². The van der Waals surface area contributed by atoms with Gasteiger partial charge in [-0.2, -0.15) is 0 Å². The van der Waals surface area contributed by atoms with Gasteiger partial charge in [0.25, 0.3) is 13.4 Å². The number of hydrogen-bond donors (Lipinski definition) is 0. The van der Waals surface area contributed by atoms with Gasteiger partial charge in [0.1, 0.15) is 27.6 Å². The van der Waals surface area contributed by atoms with Crippen LogP contribution < -0.4 is 77.9 Å². The van der Waals surface area contributed by atoms with Gasteiger partial charge in [-0.25, -0.2) is 0 Å². The van der Waals surface area contributed by atoms with Crippen LogP contribution in [-0.2, 0) is 21.7 Å². The molecule has 12 aromatic rings. The average Bonchev–Trinajstić information content (AvgIpc) is 0.686. The topological polar surface area (TPSA) is 22.2 Å². The van der Waals surface area contributed by atoms with E-state index >= 15 is 0 Å². The Labute approximate surface area is 605 Å². The Bertz CT molecular complexity index is 5510. The average molecular weight is 1350 g/mol. The Morgan fingerprint density at radius 3 is 1.25 bits per heavy atom. The Kier molecular flexibility index (Phi) is 13.0. The van der Waals surface area contributed by atoms with Crippen LogP contribution in [0.4, 0.5) is 68.2 Å². The van der Waals surface area contributed by atoms with E-state index in [4.69, 9.17) is 4.74 Å². The summed E-state index contributed by atoms with van der Waals surface area (Å²) in [5, 5.41) is 5.90. The van der Waals surface area contributed by atoms with Crippen molar-refractivity contribution in [2.45, 2.75) is 135 Å². The van der Waals surface area contributed by atoms with E-state index in [1.54, 1.807) is 0 Å². The van der Waals surface area contributed by atoms with Crippen molar-refractivity contribution >= 4 is 151 Å². The molecule has 8 aliphatic rings. The normalized spacial score (nSPS) is 18.4. The third-order valence-electron chi connectivity index (χ3n) is 26.1. The number of rotatable bonds is 5. The highest BCUT2D eigenvalue weighted by atomic mass is 28.3. The lowest BCUT2D eigenvalue weighted by atomic mass is 9.30. The number of anilines is 12. The van der Waals surface area contributed by atoms with Gasteiger partial charge in [-0.15, -0.1) is 0 Å². The molecule has 0 saturated heterocycles. The number of para-hydroxylation sites is 5. The first-order valence-corrected chi connectivity index (χ1v) is 43.4. The Morgan fingerprint density at radius 2 is 0.716 bits per heavy atom. The zero-order valence-corrected chi connectivity index (χ0v) is 62.9. The fourth-order valence-corrected chi connectivity index (χ4v) is 26.7. The lowest BCUT2D eigenvalue weighted by Gasteiger charge is -2.47. The highest BCUT2D eigenvalue weighted by molar-refractivity contribution is 7.04. The number of benzene rings is 12. The summed E-state index contributed by atoms with van der Waals surface area (Å²) >= 11 is 0. The summed E-state index contributed by atoms with van der Waals surface area (Å²) in [6.45, 7) is 29.5. The minimum absolute atomic E-state index is 0.00307. The van der Waals surface area contributed by atoms with Crippen LogP contribution in [0.5, 0.6) is 11.5 Å². The molecule has 5 nitrogen and oxygen atoms in total. The smallest absolute Gasteiger partial charge is 0.256 e. The third kappa shape index (κ3) is 8.64. The number of nitrogens with zero attached hydrogens (tertiary/aromatic N) is 4. The number of ether oxygens (including phenoxy) is 1. The maximum absolute atomic E-state index is 8.05. The molecule has 0 aromatic heterocycles. The molecule has 9 heteroatoms. The van der Waals surface area contributed by atoms with Gasteiger partial charge in [0.2, 0.25) is 0 Å². The second kappa shape index (κ2) is 21.4.